The highest BCUT2D eigenvalue weighted by Gasteiger charge is 2.23. The van der Waals surface area contributed by atoms with Crippen molar-refractivity contribution < 1.29 is 14.6 Å². The largest absolute Gasteiger partial charge is 0.478 e. The van der Waals surface area contributed by atoms with E-state index in [1.54, 1.807) is 12.1 Å². The highest BCUT2D eigenvalue weighted by Crippen LogP contribution is 2.24. The van der Waals surface area contributed by atoms with Crippen LogP contribution in [-0.2, 0) is 13.1 Å². The number of carboxylic acids is 1. The summed E-state index contributed by atoms with van der Waals surface area (Å²) in [4.78, 5) is 15.9. The van der Waals surface area contributed by atoms with Crippen molar-refractivity contribution in [1.82, 2.24) is 9.80 Å². The van der Waals surface area contributed by atoms with Gasteiger partial charge in [0.05, 0.1) is 5.56 Å². The zero-order valence-corrected chi connectivity index (χ0v) is 18.5. The molecule has 1 fully saturated rings. The number of rotatable bonds is 9. The molecule has 5 heteroatoms. The van der Waals surface area contributed by atoms with Gasteiger partial charge in [-0.25, -0.2) is 4.79 Å². The lowest BCUT2D eigenvalue weighted by Gasteiger charge is -2.22. The maximum atomic E-state index is 11.0. The van der Waals surface area contributed by atoms with Crippen molar-refractivity contribution in [2.45, 2.75) is 19.5 Å². The molecule has 0 bridgehead atoms. The van der Waals surface area contributed by atoms with Gasteiger partial charge in [-0.1, -0.05) is 42.5 Å². The van der Waals surface area contributed by atoms with Crippen molar-refractivity contribution in [3.63, 3.8) is 0 Å². The van der Waals surface area contributed by atoms with E-state index in [2.05, 4.69) is 29.0 Å². The maximum absolute atomic E-state index is 11.0. The Morgan fingerprint density at radius 2 is 1.62 bits per heavy atom. The number of carboxylic acid groups (broad SMARTS) is 1. The number of likely N-dealkylation sites (tertiary alicyclic amines) is 1. The van der Waals surface area contributed by atoms with Crippen molar-refractivity contribution >= 4 is 5.97 Å². The number of carbonyl (C=O) groups is 1. The predicted octanol–water partition coefficient (Wildman–Crippen LogP) is 5.13. The summed E-state index contributed by atoms with van der Waals surface area (Å²) in [5, 5.41) is 9.03. The van der Waals surface area contributed by atoms with Gasteiger partial charge in [0, 0.05) is 26.2 Å². The Bertz CT molecular complexity index is 1000. The standard InChI is InChI=1S/C27H30N2O3/c1-28(17-21-7-11-24(12-8-21)27(30)31)18-23-15-16-29(20-23)19-22-9-13-26(14-10-22)32-25-5-3-2-4-6-25/h2-14,23H,15-20H2,1H3,(H,30,31)/t23-/m1/s1. The molecule has 1 heterocycles. The van der Waals surface area contributed by atoms with Crippen LogP contribution in [0.5, 0.6) is 11.5 Å². The van der Waals surface area contributed by atoms with Gasteiger partial charge in [-0.05, 0) is 73.5 Å². The summed E-state index contributed by atoms with van der Waals surface area (Å²) >= 11 is 0. The number of aromatic carboxylic acids is 1. The minimum atomic E-state index is -0.880. The molecule has 32 heavy (non-hydrogen) atoms. The first-order chi connectivity index (χ1) is 15.5. The van der Waals surface area contributed by atoms with E-state index in [0.29, 0.717) is 11.5 Å². The molecule has 166 valence electrons. The lowest BCUT2D eigenvalue weighted by Crippen LogP contribution is -2.28. The van der Waals surface area contributed by atoms with Crippen LogP contribution >= 0.6 is 0 Å². The minimum Gasteiger partial charge on any atom is -0.478 e. The molecule has 0 unspecified atom stereocenters. The Hall–Kier alpha value is -3.15. The SMILES string of the molecule is CN(Cc1ccc(C(=O)O)cc1)C[C@H]1CCN(Cc2ccc(Oc3ccccc3)cc2)C1. The van der Waals surface area contributed by atoms with Gasteiger partial charge < -0.3 is 14.7 Å². The van der Waals surface area contributed by atoms with Gasteiger partial charge >= 0.3 is 5.97 Å². The smallest absolute Gasteiger partial charge is 0.335 e. The van der Waals surface area contributed by atoms with Crippen LogP contribution in [0, 0.1) is 5.92 Å². The van der Waals surface area contributed by atoms with Crippen LogP contribution in [0.4, 0.5) is 0 Å². The van der Waals surface area contributed by atoms with Gasteiger partial charge in [-0.15, -0.1) is 0 Å². The van der Waals surface area contributed by atoms with E-state index in [1.807, 2.05) is 54.6 Å². The Kier molecular flexibility index (Phi) is 7.20. The van der Waals surface area contributed by atoms with Gasteiger partial charge in [0.25, 0.3) is 0 Å². The summed E-state index contributed by atoms with van der Waals surface area (Å²) in [7, 11) is 2.14. The van der Waals surface area contributed by atoms with E-state index >= 15 is 0 Å². The first kappa shape index (κ1) is 22.1. The van der Waals surface area contributed by atoms with E-state index in [1.165, 1.54) is 12.0 Å². The Morgan fingerprint density at radius 1 is 0.969 bits per heavy atom. The van der Waals surface area contributed by atoms with Crippen molar-refractivity contribution in [2.75, 3.05) is 26.7 Å². The molecule has 0 spiro atoms. The molecule has 5 nitrogen and oxygen atoms in total. The van der Waals surface area contributed by atoms with Crippen LogP contribution in [-0.4, -0.2) is 47.6 Å². The lowest BCUT2D eigenvalue weighted by atomic mass is 10.1. The van der Waals surface area contributed by atoms with Crippen LogP contribution in [0.2, 0.25) is 0 Å². The van der Waals surface area contributed by atoms with Crippen molar-refractivity contribution in [2.24, 2.45) is 5.92 Å². The van der Waals surface area contributed by atoms with Crippen molar-refractivity contribution in [1.29, 1.82) is 0 Å². The molecule has 1 saturated heterocycles. The third-order valence-electron chi connectivity index (χ3n) is 5.90. The average molecular weight is 431 g/mol. The van der Waals surface area contributed by atoms with Gasteiger partial charge in [-0.2, -0.15) is 0 Å². The minimum absolute atomic E-state index is 0.336. The molecule has 0 aliphatic carbocycles. The molecule has 3 aromatic carbocycles. The Balaban J connectivity index is 1.22. The summed E-state index contributed by atoms with van der Waals surface area (Å²) < 4.78 is 5.88. The highest BCUT2D eigenvalue weighted by atomic mass is 16.5. The molecule has 1 N–H and O–H groups in total. The normalized spacial score (nSPS) is 16.4. The maximum Gasteiger partial charge on any atom is 0.335 e. The Morgan fingerprint density at radius 3 is 2.31 bits per heavy atom. The highest BCUT2D eigenvalue weighted by molar-refractivity contribution is 5.87. The van der Waals surface area contributed by atoms with Crippen LogP contribution in [0.1, 0.15) is 27.9 Å². The molecule has 0 aromatic heterocycles. The van der Waals surface area contributed by atoms with Crippen LogP contribution in [0.3, 0.4) is 0 Å². The van der Waals surface area contributed by atoms with Crippen LogP contribution < -0.4 is 4.74 Å². The van der Waals surface area contributed by atoms with E-state index in [9.17, 15) is 4.79 Å². The van der Waals surface area contributed by atoms with Crippen molar-refractivity contribution in [3.8, 4) is 11.5 Å². The molecule has 4 rings (SSSR count). The van der Waals surface area contributed by atoms with Gasteiger partial charge in [0.15, 0.2) is 0 Å². The number of hydrogen-bond acceptors (Lipinski definition) is 4. The van der Waals surface area contributed by atoms with E-state index in [-0.39, 0.29) is 0 Å². The Labute approximate surface area is 189 Å². The van der Waals surface area contributed by atoms with Gasteiger partial charge in [0.1, 0.15) is 11.5 Å². The zero-order valence-electron chi connectivity index (χ0n) is 18.5. The molecule has 0 saturated carbocycles. The summed E-state index contributed by atoms with van der Waals surface area (Å²) in [6, 6.07) is 25.4. The molecule has 0 radical (unpaired) electrons. The quantitative estimate of drug-likeness (QED) is 0.510. The summed E-state index contributed by atoms with van der Waals surface area (Å²) in [6.45, 7) is 5.06. The van der Waals surface area contributed by atoms with Crippen LogP contribution in [0.25, 0.3) is 0 Å². The number of benzene rings is 3. The second kappa shape index (κ2) is 10.4. The van der Waals surface area contributed by atoms with Crippen LogP contribution in [0.15, 0.2) is 78.9 Å². The summed E-state index contributed by atoms with van der Waals surface area (Å²) in [5.74, 6) is 1.48. The van der Waals surface area contributed by atoms with E-state index in [4.69, 9.17) is 9.84 Å². The fourth-order valence-electron chi connectivity index (χ4n) is 4.32. The average Bonchev–Trinajstić information content (AvgIpc) is 3.22. The third kappa shape index (κ3) is 6.19. The summed E-state index contributed by atoms with van der Waals surface area (Å²) in [6.07, 6.45) is 1.21. The molecule has 3 aromatic rings. The lowest BCUT2D eigenvalue weighted by molar-refractivity contribution is 0.0697. The topological polar surface area (TPSA) is 53.0 Å². The molecular weight excluding hydrogens is 400 g/mol. The number of para-hydroxylation sites is 1. The fraction of sp³-hybridized carbons (Fsp3) is 0.296. The predicted molar refractivity (Wildman–Crippen MR) is 126 cm³/mol. The molecular formula is C27H30N2O3. The molecule has 1 aliphatic rings. The number of hydrogen-bond donors (Lipinski definition) is 1. The van der Waals surface area contributed by atoms with Gasteiger partial charge in [0.2, 0.25) is 0 Å². The number of ether oxygens (including phenoxy) is 1. The molecule has 1 aliphatic heterocycles. The summed E-state index contributed by atoms with van der Waals surface area (Å²) in [5.41, 5.74) is 2.78. The second-order valence-corrected chi connectivity index (χ2v) is 8.65. The van der Waals surface area contributed by atoms with E-state index in [0.717, 1.165) is 49.8 Å². The second-order valence-electron chi connectivity index (χ2n) is 8.65. The monoisotopic (exact) mass is 430 g/mol. The van der Waals surface area contributed by atoms with Gasteiger partial charge in [-0.3, -0.25) is 4.90 Å². The first-order valence-electron chi connectivity index (χ1n) is 11.1. The molecule has 1 atom stereocenters. The fourth-order valence-corrected chi connectivity index (χ4v) is 4.32. The molecule has 0 amide bonds. The zero-order chi connectivity index (χ0) is 22.3. The third-order valence-corrected chi connectivity index (χ3v) is 5.90. The van der Waals surface area contributed by atoms with Crippen molar-refractivity contribution in [3.05, 3.63) is 95.6 Å². The number of nitrogens with zero attached hydrogens (tertiary/aromatic N) is 2. The van der Waals surface area contributed by atoms with E-state index < -0.39 is 5.97 Å². The first-order valence-corrected chi connectivity index (χ1v) is 11.1.